The van der Waals surface area contributed by atoms with Gasteiger partial charge in [0.1, 0.15) is 21.7 Å². The maximum atomic E-state index is 13.2. The zero-order valence-corrected chi connectivity index (χ0v) is 19.1. The summed E-state index contributed by atoms with van der Waals surface area (Å²) in [4.78, 5) is 20.2. The number of hydrogen-bond donors (Lipinski definition) is 2. The van der Waals surface area contributed by atoms with Crippen LogP contribution in [0.5, 0.6) is 5.88 Å². The lowest BCUT2D eigenvalue weighted by atomic mass is 10.4. The Labute approximate surface area is 192 Å². The highest BCUT2D eigenvalue weighted by Gasteiger charge is 2.52. The number of aryl methyl sites for hydroxylation is 1. The molecule has 0 aliphatic heterocycles. The summed E-state index contributed by atoms with van der Waals surface area (Å²) >= 11 is 0. The first-order chi connectivity index (χ1) is 15.6. The van der Waals surface area contributed by atoms with Gasteiger partial charge < -0.3 is 10.1 Å². The third kappa shape index (κ3) is 5.64. The molecule has 0 aliphatic rings. The molecule has 0 saturated heterocycles. The van der Waals surface area contributed by atoms with Crippen LogP contribution in [0.1, 0.15) is 5.82 Å². The highest BCUT2D eigenvalue weighted by molar-refractivity contribution is 8.01. The smallest absolute Gasteiger partial charge is 0.298 e. The molecule has 1 heterocycles. The minimum Gasteiger partial charge on any atom is -0.490 e. The Bertz CT molecular complexity index is 1150. The molecule has 4 aromatic rings. The summed E-state index contributed by atoms with van der Waals surface area (Å²) in [7, 11) is -7.60. The van der Waals surface area contributed by atoms with Crippen LogP contribution in [0.25, 0.3) is 0 Å². The zero-order chi connectivity index (χ0) is 24.1. The van der Waals surface area contributed by atoms with Gasteiger partial charge >= 0.3 is 0 Å². The van der Waals surface area contributed by atoms with Crippen molar-refractivity contribution < 1.29 is 34.0 Å². The van der Waals surface area contributed by atoms with E-state index in [-0.39, 0.29) is 11.4 Å². The van der Waals surface area contributed by atoms with Crippen LogP contribution in [0.3, 0.4) is 0 Å². The molecule has 4 rings (SSSR count). The molecule has 0 bridgehead atoms. The Morgan fingerprint density at radius 2 is 1.09 bits per heavy atom. The molecule has 3 aromatic carbocycles. The first-order valence-corrected chi connectivity index (χ1v) is 12.6. The molecule has 0 saturated carbocycles. The van der Waals surface area contributed by atoms with Gasteiger partial charge in [0.25, 0.3) is 11.4 Å². The van der Waals surface area contributed by atoms with Crippen LogP contribution in [0, 0.1) is 17.2 Å². The molecule has 0 amide bonds. The van der Waals surface area contributed by atoms with E-state index in [1.165, 1.54) is 0 Å². The third-order valence-corrected chi connectivity index (χ3v) is 9.05. The van der Waals surface area contributed by atoms with Gasteiger partial charge in [-0.05, 0) is 43.3 Å². The zero-order valence-electron chi connectivity index (χ0n) is 17.4. The van der Waals surface area contributed by atoms with Crippen molar-refractivity contribution in [1.29, 1.82) is 0 Å². The predicted molar refractivity (Wildman–Crippen MR) is 116 cm³/mol. The molecule has 0 fully saturated rings. The van der Waals surface area contributed by atoms with Crippen molar-refractivity contribution in [3.63, 3.8) is 0 Å². The van der Waals surface area contributed by atoms with Gasteiger partial charge in [0.05, 0.1) is 0 Å². The monoisotopic (exact) mass is 486 g/mol. The van der Waals surface area contributed by atoms with Crippen molar-refractivity contribution in [3.8, 4) is 5.88 Å². The first kappa shape index (κ1) is 24.5. The number of rotatable bonds is 4. The Kier molecular flexibility index (Phi) is 7.61. The fourth-order valence-corrected chi connectivity index (χ4v) is 7.89. The summed E-state index contributed by atoms with van der Waals surface area (Å²) < 4.78 is 34.0. The summed E-state index contributed by atoms with van der Waals surface area (Å²) in [5.41, 5.74) is -0.310. The molecule has 1 aromatic heterocycles. The molecule has 0 spiro atoms. The normalized spacial score (nSPS) is 11.4. The number of aromatic amines is 1. The number of benzene rings is 3. The van der Waals surface area contributed by atoms with Crippen molar-refractivity contribution in [2.24, 2.45) is 0 Å². The van der Waals surface area contributed by atoms with Crippen molar-refractivity contribution in [3.05, 3.63) is 107 Å². The number of aromatic hydroxyl groups is 1. The average Bonchev–Trinajstić information content (AvgIpc) is 2.77. The van der Waals surface area contributed by atoms with Crippen LogP contribution in [0.4, 0.5) is 0 Å². The number of H-pyrrole nitrogens is 1. The standard InChI is InChI=1S/C23H19N2O2P.ClHO4/c1-17-24-22(26)21(23(27)25-17)28(18-11-5-2-6-12-18,19-13-7-3-8-14-19)20-15-9-4-10-16-20;2-1(3,4)5/h2-16H,1H3,(H-,24,25,26,27);(H,2,3,4,5). The van der Waals surface area contributed by atoms with E-state index in [4.69, 9.17) is 18.6 Å². The Morgan fingerprint density at radius 1 is 0.758 bits per heavy atom. The largest absolute Gasteiger partial charge is 0.490 e. The summed E-state index contributed by atoms with van der Waals surface area (Å²) in [5, 5.41) is 14.2. The van der Waals surface area contributed by atoms with Gasteiger partial charge in [-0.2, -0.15) is 4.98 Å². The SMILES string of the molecule is Cc1nc(O)c([P+](c2ccccc2)(c2ccccc2)c2ccccc2)c(=O)[nH]1.[O-][Cl+3]([O-])([O-])[O-]. The molecule has 33 heavy (non-hydrogen) atoms. The van der Waals surface area contributed by atoms with Crippen LogP contribution >= 0.6 is 7.26 Å². The molecule has 10 heteroatoms. The van der Waals surface area contributed by atoms with Gasteiger partial charge in [-0.25, -0.2) is 18.6 Å². The molecule has 2 N–H and O–H groups in total. The minimum atomic E-state index is -4.94. The van der Waals surface area contributed by atoms with Gasteiger partial charge in [0.15, 0.2) is 7.26 Å². The number of nitrogens with one attached hydrogen (secondary N) is 1. The van der Waals surface area contributed by atoms with Gasteiger partial charge in [0.2, 0.25) is 5.30 Å². The van der Waals surface area contributed by atoms with E-state index in [1.54, 1.807) is 6.92 Å². The molecule has 0 aliphatic carbocycles. The average molecular weight is 487 g/mol. The highest BCUT2D eigenvalue weighted by atomic mass is 35.7. The Morgan fingerprint density at radius 3 is 1.39 bits per heavy atom. The second-order valence-electron chi connectivity index (χ2n) is 6.88. The molecule has 0 atom stereocenters. The van der Waals surface area contributed by atoms with Crippen molar-refractivity contribution in [2.45, 2.75) is 6.92 Å². The van der Waals surface area contributed by atoms with Crippen molar-refractivity contribution >= 4 is 28.5 Å². The van der Waals surface area contributed by atoms with Crippen molar-refractivity contribution in [2.75, 3.05) is 0 Å². The predicted octanol–water partition coefficient (Wildman–Crippen LogP) is -2.35. The van der Waals surface area contributed by atoms with Gasteiger partial charge in [-0.15, -0.1) is 10.2 Å². The molecule has 170 valence electrons. The van der Waals surface area contributed by atoms with Gasteiger partial charge in [0, 0.05) is 0 Å². The molecule has 8 nitrogen and oxygen atoms in total. The highest BCUT2D eigenvalue weighted by Crippen LogP contribution is 2.54. The molecule has 0 radical (unpaired) electrons. The van der Waals surface area contributed by atoms with E-state index in [9.17, 15) is 9.90 Å². The second kappa shape index (κ2) is 10.2. The first-order valence-electron chi connectivity index (χ1n) is 9.62. The van der Waals surface area contributed by atoms with Crippen LogP contribution in [0.2, 0.25) is 0 Å². The summed E-state index contributed by atoms with van der Waals surface area (Å²) in [6.45, 7) is 1.67. The van der Waals surface area contributed by atoms with E-state index < -0.39 is 17.5 Å². The lowest BCUT2D eigenvalue weighted by molar-refractivity contribution is -2.00. The van der Waals surface area contributed by atoms with Crippen LogP contribution in [-0.2, 0) is 0 Å². The van der Waals surface area contributed by atoms with Crippen LogP contribution < -0.4 is 45.4 Å². The Balaban J connectivity index is 0.000000555. The lowest BCUT2D eigenvalue weighted by Gasteiger charge is -2.26. The maximum Gasteiger partial charge on any atom is 0.298 e. The van der Waals surface area contributed by atoms with E-state index in [1.807, 2.05) is 91.0 Å². The number of nitrogens with zero attached hydrogens (tertiary/aromatic N) is 1. The third-order valence-electron chi connectivity index (χ3n) is 4.76. The number of hydrogen-bond acceptors (Lipinski definition) is 7. The fraction of sp³-hybridized carbons (Fsp3) is 0.0435. The topological polar surface area (TPSA) is 158 Å². The number of aromatic nitrogens is 2. The Hall–Kier alpha value is -3.10. The summed E-state index contributed by atoms with van der Waals surface area (Å²) in [5.74, 6) is 0.171. The number of halogens is 1. The van der Waals surface area contributed by atoms with E-state index in [0.717, 1.165) is 15.9 Å². The second-order valence-corrected chi connectivity index (χ2v) is 11.0. The van der Waals surface area contributed by atoms with Crippen LogP contribution in [-0.4, -0.2) is 15.1 Å². The quantitative estimate of drug-likeness (QED) is 0.305. The molecule has 0 unspecified atom stereocenters. The van der Waals surface area contributed by atoms with E-state index in [0.29, 0.717) is 11.1 Å². The van der Waals surface area contributed by atoms with Gasteiger partial charge in [-0.3, -0.25) is 4.79 Å². The lowest BCUT2D eigenvalue weighted by Crippen LogP contribution is -2.68. The summed E-state index contributed by atoms with van der Waals surface area (Å²) in [6.07, 6.45) is 0. The van der Waals surface area contributed by atoms with Crippen molar-refractivity contribution in [1.82, 2.24) is 9.97 Å². The van der Waals surface area contributed by atoms with E-state index in [2.05, 4.69) is 9.97 Å². The minimum absolute atomic E-state index is 0.217. The maximum absolute atomic E-state index is 13.2. The molecular formula is C23H20ClN2O6P. The van der Waals surface area contributed by atoms with E-state index >= 15 is 0 Å². The fourth-order valence-electron chi connectivity index (χ4n) is 3.66. The van der Waals surface area contributed by atoms with Gasteiger partial charge in [-0.1, -0.05) is 54.6 Å². The summed E-state index contributed by atoms with van der Waals surface area (Å²) in [6, 6.07) is 29.7. The van der Waals surface area contributed by atoms with Crippen LogP contribution in [0.15, 0.2) is 95.8 Å². The molecular weight excluding hydrogens is 467 g/mol.